The summed E-state index contributed by atoms with van der Waals surface area (Å²) in [5, 5.41) is 0.751. The summed E-state index contributed by atoms with van der Waals surface area (Å²) < 4.78 is 29.9. The van der Waals surface area contributed by atoms with E-state index in [1.165, 1.54) is 5.56 Å². The molecule has 0 bridgehead atoms. The zero-order valence-corrected chi connectivity index (χ0v) is 21.0. The highest BCUT2D eigenvalue weighted by Gasteiger charge is 2.19. The Bertz CT molecular complexity index is 1520. The Hall–Kier alpha value is -2.84. The van der Waals surface area contributed by atoms with E-state index in [2.05, 4.69) is 16.9 Å². The van der Waals surface area contributed by atoms with Crippen molar-refractivity contribution in [2.75, 3.05) is 4.72 Å². The topological polar surface area (TPSA) is 59.1 Å². The number of aromatic nitrogens is 1. The Morgan fingerprint density at radius 1 is 0.824 bits per heavy atom. The minimum atomic E-state index is -3.65. The van der Waals surface area contributed by atoms with E-state index >= 15 is 0 Å². The van der Waals surface area contributed by atoms with Gasteiger partial charge in [-0.1, -0.05) is 84.0 Å². The van der Waals surface area contributed by atoms with E-state index in [0.29, 0.717) is 10.7 Å². The highest BCUT2D eigenvalue weighted by atomic mass is 35.5. The SMILES string of the molecule is O=S(=O)(Nc1ccc2nc(SC(c3ccccc3)c3ccc(Cl)cc3)sc2c1)c1ccccc1. The van der Waals surface area contributed by atoms with Gasteiger partial charge >= 0.3 is 0 Å². The van der Waals surface area contributed by atoms with Crippen LogP contribution >= 0.6 is 34.7 Å². The maximum Gasteiger partial charge on any atom is 0.261 e. The number of thiazole rings is 1. The van der Waals surface area contributed by atoms with Crippen molar-refractivity contribution in [2.45, 2.75) is 14.5 Å². The lowest BCUT2D eigenvalue weighted by molar-refractivity contribution is 0.601. The fourth-order valence-electron chi connectivity index (χ4n) is 3.53. The minimum absolute atomic E-state index is 0.0510. The van der Waals surface area contributed by atoms with Crippen LogP contribution in [0.25, 0.3) is 10.2 Å². The number of hydrogen-bond donors (Lipinski definition) is 1. The fraction of sp³-hybridized carbons (Fsp3) is 0.0385. The third-order valence-corrected chi connectivity index (χ3v) is 9.24. The van der Waals surface area contributed by atoms with Crippen LogP contribution in [0.3, 0.4) is 0 Å². The van der Waals surface area contributed by atoms with Gasteiger partial charge in [-0.15, -0.1) is 11.3 Å². The summed E-state index contributed by atoms with van der Waals surface area (Å²) in [7, 11) is -3.65. The van der Waals surface area contributed by atoms with Crippen LogP contribution in [-0.4, -0.2) is 13.4 Å². The van der Waals surface area contributed by atoms with Gasteiger partial charge in [0.25, 0.3) is 10.0 Å². The standard InChI is InChI=1S/C26H19ClN2O2S3/c27-20-13-11-19(12-14-20)25(18-7-3-1-4-8-18)33-26-28-23-16-15-21(17-24(23)32-26)29-34(30,31)22-9-5-2-6-10-22/h1-17,25,29H. The molecule has 0 aliphatic rings. The second-order valence-corrected chi connectivity index (χ2v) is 12.0. The summed E-state index contributed by atoms with van der Waals surface area (Å²) >= 11 is 9.32. The molecule has 4 aromatic carbocycles. The zero-order chi connectivity index (χ0) is 23.5. The number of benzene rings is 4. The molecule has 1 N–H and O–H groups in total. The molecule has 1 aromatic heterocycles. The quantitative estimate of drug-likeness (QED) is 0.223. The first-order valence-electron chi connectivity index (χ1n) is 10.4. The van der Waals surface area contributed by atoms with Crippen molar-refractivity contribution in [2.24, 2.45) is 0 Å². The van der Waals surface area contributed by atoms with Crippen LogP contribution in [0.5, 0.6) is 0 Å². The first kappa shape index (κ1) is 22.9. The van der Waals surface area contributed by atoms with Crippen LogP contribution in [0.4, 0.5) is 5.69 Å². The van der Waals surface area contributed by atoms with Gasteiger partial charge in [-0.3, -0.25) is 4.72 Å². The molecule has 0 aliphatic heterocycles. The molecule has 8 heteroatoms. The van der Waals surface area contributed by atoms with E-state index in [1.54, 1.807) is 59.5 Å². The highest BCUT2D eigenvalue weighted by molar-refractivity contribution is 8.01. The Morgan fingerprint density at radius 2 is 1.47 bits per heavy atom. The number of rotatable bonds is 7. The fourth-order valence-corrected chi connectivity index (χ4v) is 7.15. The van der Waals surface area contributed by atoms with Crippen molar-refractivity contribution < 1.29 is 8.42 Å². The average molecular weight is 523 g/mol. The summed E-state index contributed by atoms with van der Waals surface area (Å²) in [5.74, 6) is 0. The Labute approximate surface area is 211 Å². The maximum absolute atomic E-state index is 12.7. The molecular formula is C26H19ClN2O2S3. The largest absolute Gasteiger partial charge is 0.280 e. The molecule has 0 saturated carbocycles. The molecular weight excluding hydrogens is 504 g/mol. The van der Waals surface area contributed by atoms with Gasteiger partial charge in [0.15, 0.2) is 4.34 Å². The monoisotopic (exact) mass is 522 g/mol. The third-order valence-electron chi connectivity index (χ3n) is 5.17. The second kappa shape index (κ2) is 9.80. The summed E-state index contributed by atoms with van der Waals surface area (Å²) in [6.07, 6.45) is 0. The predicted molar refractivity (Wildman–Crippen MR) is 142 cm³/mol. The second-order valence-electron chi connectivity index (χ2n) is 7.54. The molecule has 1 unspecified atom stereocenters. The summed E-state index contributed by atoms with van der Waals surface area (Å²) in [4.78, 5) is 5.02. The maximum atomic E-state index is 12.7. The van der Waals surface area contributed by atoms with Crippen molar-refractivity contribution in [1.29, 1.82) is 0 Å². The van der Waals surface area contributed by atoms with E-state index in [9.17, 15) is 8.42 Å². The van der Waals surface area contributed by atoms with E-state index in [0.717, 1.165) is 20.1 Å². The van der Waals surface area contributed by atoms with Gasteiger partial charge in [0.05, 0.1) is 26.0 Å². The van der Waals surface area contributed by atoms with Crippen LogP contribution < -0.4 is 4.72 Å². The molecule has 34 heavy (non-hydrogen) atoms. The number of nitrogens with one attached hydrogen (secondary N) is 1. The Morgan fingerprint density at radius 3 is 2.18 bits per heavy atom. The smallest absolute Gasteiger partial charge is 0.261 e. The van der Waals surface area contributed by atoms with Crippen molar-refractivity contribution in [3.8, 4) is 0 Å². The lowest BCUT2D eigenvalue weighted by Gasteiger charge is -2.16. The van der Waals surface area contributed by atoms with Gasteiger partial charge in [-0.25, -0.2) is 13.4 Å². The van der Waals surface area contributed by atoms with Gasteiger partial charge in [0, 0.05) is 5.02 Å². The molecule has 170 valence electrons. The Kier molecular flexibility index (Phi) is 6.61. The van der Waals surface area contributed by atoms with Crippen molar-refractivity contribution in [3.05, 3.63) is 119 Å². The number of sulfonamides is 1. The number of thioether (sulfide) groups is 1. The molecule has 0 radical (unpaired) electrons. The molecule has 5 aromatic rings. The summed E-state index contributed by atoms with van der Waals surface area (Å²) in [6, 6.07) is 31.9. The highest BCUT2D eigenvalue weighted by Crippen LogP contribution is 2.43. The normalized spacial score (nSPS) is 12.5. The molecule has 1 atom stereocenters. The average Bonchev–Trinajstić information content (AvgIpc) is 3.26. The number of anilines is 1. The number of halogens is 1. The zero-order valence-electron chi connectivity index (χ0n) is 17.8. The molecule has 0 saturated heterocycles. The number of hydrogen-bond acceptors (Lipinski definition) is 5. The molecule has 1 heterocycles. The van der Waals surface area contributed by atoms with Gasteiger partial charge in [0.1, 0.15) is 0 Å². The Balaban J connectivity index is 1.44. The van der Waals surface area contributed by atoms with E-state index in [4.69, 9.17) is 16.6 Å². The van der Waals surface area contributed by atoms with E-state index in [-0.39, 0.29) is 10.1 Å². The van der Waals surface area contributed by atoms with Crippen LogP contribution in [-0.2, 0) is 10.0 Å². The molecule has 0 spiro atoms. The first-order valence-corrected chi connectivity index (χ1v) is 14.0. The van der Waals surface area contributed by atoms with E-state index < -0.39 is 10.0 Å². The minimum Gasteiger partial charge on any atom is -0.280 e. The van der Waals surface area contributed by atoms with Crippen LogP contribution in [0.15, 0.2) is 112 Å². The van der Waals surface area contributed by atoms with Gasteiger partial charge in [-0.2, -0.15) is 0 Å². The molecule has 0 fully saturated rings. The van der Waals surface area contributed by atoms with Crippen molar-refractivity contribution in [3.63, 3.8) is 0 Å². The summed E-state index contributed by atoms with van der Waals surface area (Å²) in [5.41, 5.74) is 3.65. The van der Waals surface area contributed by atoms with Gasteiger partial charge in [-0.05, 0) is 53.6 Å². The predicted octanol–water partition coefficient (Wildman–Crippen LogP) is 7.63. The van der Waals surface area contributed by atoms with Crippen molar-refractivity contribution >= 4 is 60.6 Å². The number of fused-ring (bicyclic) bond motifs is 1. The first-order chi connectivity index (χ1) is 16.5. The lowest BCUT2D eigenvalue weighted by Crippen LogP contribution is -2.12. The van der Waals surface area contributed by atoms with E-state index in [1.807, 2.05) is 54.6 Å². The lowest BCUT2D eigenvalue weighted by atomic mass is 10.0. The third kappa shape index (κ3) is 5.13. The molecule has 5 rings (SSSR count). The van der Waals surface area contributed by atoms with Crippen LogP contribution in [0, 0.1) is 0 Å². The van der Waals surface area contributed by atoms with Crippen molar-refractivity contribution in [1.82, 2.24) is 4.98 Å². The molecule has 0 aliphatic carbocycles. The van der Waals surface area contributed by atoms with Crippen LogP contribution in [0.1, 0.15) is 16.4 Å². The van der Waals surface area contributed by atoms with Gasteiger partial charge < -0.3 is 0 Å². The summed E-state index contributed by atoms with van der Waals surface area (Å²) in [6.45, 7) is 0. The molecule has 0 amide bonds. The van der Waals surface area contributed by atoms with Gasteiger partial charge in [0.2, 0.25) is 0 Å². The van der Waals surface area contributed by atoms with Crippen LogP contribution in [0.2, 0.25) is 5.02 Å². The number of nitrogens with zero attached hydrogens (tertiary/aromatic N) is 1. The molecule has 4 nitrogen and oxygen atoms in total.